The van der Waals surface area contributed by atoms with Crippen LogP contribution in [0.2, 0.25) is 0 Å². The normalized spacial score (nSPS) is 10.6. The molecule has 0 saturated carbocycles. The van der Waals surface area contributed by atoms with E-state index in [2.05, 4.69) is 0 Å². The van der Waals surface area contributed by atoms with Crippen LogP contribution < -0.4 is 9.47 Å². The Kier molecular flexibility index (Phi) is 3.56. The number of rotatable bonds is 3. The summed E-state index contributed by atoms with van der Waals surface area (Å²) >= 11 is 0. The summed E-state index contributed by atoms with van der Waals surface area (Å²) in [6.07, 6.45) is 0. The number of hydrogen-bond donors (Lipinski definition) is 0. The first-order chi connectivity index (χ1) is 7.02. The van der Waals surface area contributed by atoms with Gasteiger partial charge in [0.15, 0.2) is 17.3 Å². The highest BCUT2D eigenvalue weighted by molar-refractivity contribution is 5.49. The van der Waals surface area contributed by atoms with Gasteiger partial charge in [-0.25, -0.2) is 4.39 Å². The first-order valence-electron chi connectivity index (χ1n) is 4.93. The summed E-state index contributed by atoms with van der Waals surface area (Å²) in [5.74, 6) is 0.442. The molecule has 1 aromatic rings. The predicted molar refractivity (Wildman–Crippen MR) is 58.3 cm³/mol. The highest BCUT2D eigenvalue weighted by Crippen LogP contribution is 2.37. The van der Waals surface area contributed by atoms with Gasteiger partial charge in [-0.15, -0.1) is 0 Å². The van der Waals surface area contributed by atoms with E-state index in [1.807, 2.05) is 20.8 Å². The zero-order valence-corrected chi connectivity index (χ0v) is 9.85. The van der Waals surface area contributed by atoms with Crippen LogP contribution in [0.4, 0.5) is 4.39 Å². The minimum atomic E-state index is -0.315. The van der Waals surface area contributed by atoms with E-state index in [1.165, 1.54) is 14.2 Å². The average molecular weight is 212 g/mol. The predicted octanol–water partition coefficient (Wildman–Crippen LogP) is 3.27. The van der Waals surface area contributed by atoms with Crippen molar-refractivity contribution in [3.63, 3.8) is 0 Å². The Balaban J connectivity index is 3.44. The summed E-state index contributed by atoms with van der Waals surface area (Å²) in [4.78, 5) is 0. The Bertz CT molecular complexity index is 359. The summed E-state index contributed by atoms with van der Waals surface area (Å²) in [5.41, 5.74) is 1.58. The second-order valence-corrected chi connectivity index (χ2v) is 3.81. The number of methoxy groups -OCH3 is 2. The van der Waals surface area contributed by atoms with Crippen LogP contribution in [0.5, 0.6) is 11.5 Å². The number of halogens is 1. The Morgan fingerprint density at radius 3 is 2.20 bits per heavy atom. The van der Waals surface area contributed by atoms with E-state index in [-0.39, 0.29) is 17.5 Å². The molecule has 0 fully saturated rings. The van der Waals surface area contributed by atoms with Gasteiger partial charge in [-0.2, -0.15) is 0 Å². The maximum absolute atomic E-state index is 14.0. The first-order valence-corrected chi connectivity index (χ1v) is 4.93. The van der Waals surface area contributed by atoms with Crippen LogP contribution in [-0.4, -0.2) is 14.2 Å². The monoisotopic (exact) mass is 212 g/mol. The van der Waals surface area contributed by atoms with Crippen molar-refractivity contribution in [2.24, 2.45) is 0 Å². The summed E-state index contributed by atoms with van der Waals surface area (Å²) in [7, 11) is 2.95. The molecule has 0 saturated heterocycles. The molecular formula is C12H17FO2. The van der Waals surface area contributed by atoms with E-state index in [0.29, 0.717) is 11.3 Å². The van der Waals surface area contributed by atoms with Gasteiger partial charge in [0.2, 0.25) is 0 Å². The molecule has 0 atom stereocenters. The summed E-state index contributed by atoms with van der Waals surface area (Å²) in [6.45, 7) is 5.79. The van der Waals surface area contributed by atoms with Crippen molar-refractivity contribution in [1.29, 1.82) is 0 Å². The minimum Gasteiger partial charge on any atom is -0.493 e. The Labute approximate surface area is 90.0 Å². The lowest BCUT2D eigenvalue weighted by Crippen LogP contribution is -2.02. The second-order valence-electron chi connectivity index (χ2n) is 3.81. The van der Waals surface area contributed by atoms with Crippen molar-refractivity contribution in [2.45, 2.75) is 26.7 Å². The van der Waals surface area contributed by atoms with E-state index >= 15 is 0 Å². The first kappa shape index (κ1) is 11.8. The largest absolute Gasteiger partial charge is 0.493 e. The van der Waals surface area contributed by atoms with E-state index in [1.54, 1.807) is 6.07 Å². The molecule has 2 nitrogen and oxygen atoms in total. The summed E-state index contributed by atoms with van der Waals surface area (Å²) in [6, 6.07) is 1.80. The van der Waals surface area contributed by atoms with Gasteiger partial charge >= 0.3 is 0 Å². The molecule has 0 unspecified atom stereocenters. The number of ether oxygens (including phenoxy) is 2. The molecule has 1 aromatic carbocycles. The molecule has 0 aliphatic heterocycles. The van der Waals surface area contributed by atoms with Gasteiger partial charge < -0.3 is 9.47 Å². The van der Waals surface area contributed by atoms with Crippen LogP contribution in [0.1, 0.15) is 30.9 Å². The third-order valence-electron chi connectivity index (χ3n) is 2.43. The Morgan fingerprint density at radius 2 is 1.80 bits per heavy atom. The maximum Gasteiger partial charge on any atom is 0.197 e. The molecule has 0 amide bonds. The fourth-order valence-electron chi connectivity index (χ4n) is 1.79. The molecule has 0 N–H and O–H groups in total. The molecule has 1 rings (SSSR count). The molecule has 0 bridgehead atoms. The van der Waals surface area contributed by atoms with Crippen LogP contribution in [0.15, 0.2) is 6.07 Å². The zero-order valence-electron chi connectivity index (χ0n) is 9.85. The van der Waals surface area contributed by atoms with Crippen molar-refractivity contribution in [3.05, 3.63) is 23.0 Å². The van der Waals surface area contributed by atoms with E-state index < -0.39 is 0 Å². The quantitative estimate of drug-likeness (QED) is 0.765. The highest BCUT2D eigenvalue weighted by atomic mass is 19.1. The van der Waals surface area contributed by atoms with E-state index in [4.69, 9.17) is 9.47 Å². The van der Waals surface area contributed by atoms with Gasteiger partial charge in [-0.1, -0.05) is 13.8 Å². The number of benzene rings is 1. The van der Waals surface area contributed by atoms with E-state index in [9.17, 15) is 4.39 Å². The van der Waals surface area contributed by atoms with Gasteiger partial charge in [0, 0.05) is 0 Å². The molecule has 0 radical (unpaired) electrons. The molecule has 0 spiro atoms. The van der Waals surface area contributed by atoms with Crippen molar-refractivity contribution in [1.82, 2.24) is 0 Å². The summed E-state index contributed by atoms with van der Waals surface area (Å²) < 4.78 is 24.1. The van der Waals surface area contributed by atoms with Gasteiger partial charge in [0.25, 0.3) is 0 Å². The third kappa shape index (κ3) is 2.06. The van der Waals surface area contributed by atoms with Gasteiger partial charge in [-0.3, -0.25) is 0 Å². The second kappa shape index (κ2) is 4.51. The fraction of sp³-hybridized carbons (Fsp3) is 0.500. The number of hydrogen-bond acceptors (Lipinski definition) is 2. The van der Waals surface area contributed by atoms with Crippen LogP contribution in [0.3, 0.4) is 0 Å². The Morgan fingerprint density at radius 1 is 1.20 bits per heavy atom. The Hall–Kier alpha value is -1.25. The molecule has 0 aliphatic carbocycles. The third-order valence-corrected chi connectivity index (χ3v) is 2.43. The van der Waals surface area contributed by atoms with Crippen LogP contribution in [0.25, 0.3) is 0 Å². The van der Waals surface area contributed by atoms with E-state index in [0.717, 1.165) is 5.56 Å². The van der Waals surface area contributed by atoms with Crippen molar-refractivity contribution in [2.75, 3.05) is 14.2 Å². The van der Waals surface area contributed by atoms with Crippen molar-refractivity contribution < 1.29 is 13.9 Å². The lowest BCUT2D eigenvalue weighted by atomic mass is 9.96. The van der Waals surface area contributed by atoms with Gasteiger partial charge in [0.05, 0.1) is 14.2 Å². The lowest BCUT2D eigenvalue weighted by molar-refractivity contribution is 0.335. The van der Waals surface area contributed by atoms with Crippen molar-refractivity contribution in [3.8, 4) is 11.5 Å². The van der Waals surface area contributed by atoms with Crippen LogP contribution in [0, 0.1) is 12.7 Å². The van der Waals surface area contributed by atoms with Crippen LogP contribution in [-0.2, 0) is 0 Å². The lowest BCUT2D eigenvalue weighted by Gasteiger charge is -2.16. The molecule has 15 heavy (non-hydrogen) atoms. The standard InChI is InChI=1S/C12H17FO2/c1-7(2)10-8(3)6-9(14-4)12(15-5)11(10)13/h6-7H,1-5H3. The maximum atomic E-state index is 14.0. The van der Waals surface area contributed by atoms with Gasteiger partial charge in [0.1, 0.15) is 0 Å². The SMILES string of the molecule is COc1cc(C)c(C(C)C)c(F)c1OC. The topological polar surface area (TPSA) is 18.5 Å². The average Bonchev–Trinajstić information content (AvgIpc) is 2.16. The highest BCUT2D eigenvalue weighted by Gasteiger charge is 2.19. The van der Waals surface area contributed by atoms with Crippen molar-refractivity contribution >= 4 is 0 Å². The molecule has 0 aromatic heterocycles. The molecule has 3 heteroatoms. The number of aryl methyl sites for hydroxylation is 1. The smallest absolute Gasteiger partial charge is 0.197 e. The van der Waals surface area contributed by atoms with Crippen LogP contribution >= 0.6 is 0 Å². The van der Waals surface area contributed by atoms with Gasteiger partial charge in [-0.05, 0) is 30.0 Å². The minimum absolute atomic E-state index is 0.129. The zero-order chi connectivity index (χ0) is 11.6. The molecule has 84 valence electrons. The molecule has 0 aliphatic rings. The summed E-state index contributed by atoms with van der Waals surface area (Å²) in [5, 5.41) is 0. The molecule has 0 heterocycles. The fourth-order valence-corrected chi connectivity index (χ4v) is 1.79. The molecular weight excluding hydrogens is 195 g/mol.